The second-order valence-corrected chi connectivity index (χ2v) is 6.65. The van der Waals surface area contributed by atoms with Crippen molar-refractivity contribution >= 4 is 22.5 Å². The minimum atomic E-state index is 0.437. The number of para-hydroxylation sites is 3. The van der Waals surface area contributed by atoms with E-state index >= 15 is 0 Å². The average Bonchev–Trinajstić information content (AvgIpc) is 3.20. The zero-order chi connectivity index (χ0) is 18.6. The van der Waals surface area contributed by atoms with Crippen LogP contribution in [0.25, 0.3) is 11.4 Å². The minimum Gasteiger partial charge on any atom is -0.493 e. The monoisotopic (exact) mass is 383 g/mol. The van der Waals surface area contributed by atoms with Crippen LogP contribution in [0.2, 0.25) is 0 Å². The van der Waals surface area contributed by atoms with Crippen LogP contribution in [0.5, 0.6) is 17.2 Å². The Hall–Kier alpha value is -3.00. The van der Waals surface area contributed by atoms with Crippen molar-refractivity contribution in [3.8, 4) is 28.6 Å². The van der Waals surface area contributed by atoms with Gasteiger partial charge in [-0.15, -0.1) is 0 Å². The third-order valence-corrected chi connectivity index (χ3v) is 4.87. The lowest BCUT2D eigenvalue weighted by molar-refractivity contribution is 0.355. The number of fused-ring (bicyclic) bond motifs is 1. The summed E-state index contributed by atoms with van der Waals surface area (Å²) in [6.45, 7) is 0.437. The molecule has 1 aliphatic heterocycles. The number of aromatic nitrogens is 2. The van der Waals surface area contributed by atoms with Crippen molar-refractivity contribution in [1.82, 2.24) is 10.1 Å². The number of ether oxygens (including phenoxy) is 3. The molecule has 2 aromatic carbocycles. The van der Waals surface area contributed by atoms with E-state index in [9.17, 15) is 0 Å². The van der Waals surface area contributed by atoms with E-state index in [2.05, 4.69) is 15.1 Å². The fourth-order valence-electron chi connectivity index (χ4n) is 2.68. The number of hydrogen-bond donors (Lipinski definition) is 0. The molecule has 1 aliphatic rings. The molecule has 4 rings (SSSR count). The van der Waals surface area contributed by atoms with Gasteiger partial charge < -0.3 is 18.7 Å². The maximum absolute atomic E-state index is 5.71. The second kappa shape index (κ2) is 7.71. The first kappa shape index (κ1) is 17.4. The molecule has 8 heteroatoms. The third-order valence-electron chi connectivity index (χ3n) is 3.94. The Morgan fingerprint density at radius 1 is 1.07 bits per heavy atom. The van der Waals surface area contributed by atoms with E-state index < -0.39 is 0 Å². The van der Waals surface area contributed by atoms with Crippen molar-refractivity contribution in [1.29, 1.82) is 0 Å². The lowest BCUT2D eigenvalue weighted by atomic mass is 10.2. The molecule has 1 aromatic heterocycles. The molecule has 0 bridgehead atoms. The Morgan fingerprint density at radius 2 is 1.96 bits per heavy atom. The fraction of sp³-hybridized carbons (Fsp3) is 0.211. The van der Waals surface area contributed by atoms with Gasteiger partial charge in [0.25, 0.3) is 0 Å². The topological polar surface area (TPSA) is 79.0 Å². The summed E-state index contributed by atoms with van der Waals surface area (Å²) in [5.41, 5.74) is 1.54. The van der Waals surface area contributed by atoms with E-state index in [1.54, 1.807) is 14.2 Å². The van der Waals surface area contributed by atoms with Gasteiger partial charge >= 0.3 is 0 Å². The van der Waals surface area contributed by atoms with Crippen LogP contribution in [0.15, 0.2) is 52.0 Å². The molecule has 0 amide bonds. The first-order valence-electron chi connectivity index (χ1n) is 8.24. The van der Waals surface area contributed by atoms with Crippen molar-refractivity contribution in [2.24, 2.45) is 4.99 Å². The number of hydrogen-bond acceptors (Lipinski definition) is 8. The van der Waals surface area contributed by atoms with Crippen LogP contribution >= 0.6 is 11.8 Å². The number of aliphatic imine (C=N–C) groups is 1. The highest BCUT2D eigenvalue weighted by atomic mass is 32.2. The first-order valence-corrected chi connectivity index (χ1v) is 9.23. The Morgan fingerprint density at radius 3 is 2.81 bits per heavy atom. The predicted octanol–water partition coefficient (Wildman–Crippen LogP) is 4.11. The van der Waals surface area contributed by atoms with Crippen LogP contribution in [0.3, 0.4) is 0 Å². The van der Waals surface area contributed by atoms with E-state index in [1.807, 2.05) is 42.5 Å². The molecule has 7 nitrogen and oxygen atoms in total. The van der Waals surface area contributed by atoms with Gasteiger partial charge in [0.05, 0.1) is 25.5 Å². The molecular formula is C19H17N3O4S. The lowest BCUT2D eigenvalue weighted by Crippen LogP contribution is -2.12. The highest BCUT2D eigenvalue weighted by molar-refractivity contribution is 8.13. The average molecular weight is 383 g/mol. The molecule has 2 heterocycles. The van der Waals surface area contributed by atoms with Crippen LogP contribution in [-0.4, -0.2) is 36.0 Å². The molecule has 0 atom stereocenters. The Balaban J connectivity index is 1.49. The molecule has 0 N–H and O–H groups in total. The molecule has 0 radical (unpaired) electrons. The van der Waals surface area contributed by atoms with Gasteiger partial charge in [0.15, 0.2) is 11.5 Å². The molecule has 0 aliphatic carbocycles. The van der Waals surface area contributed by atoms with Crippen molar-refractivity contribution in [3.05, 3.63) is 48.4 Å². The van der Waals surface area contributed by atoms with E-state index in [0.717, 1.165) is 16.5 Å². The Bertz CT molecular complexity index is 987. The van der Waals surface area contributed by atoms with Gasteiger partial charge in [-0.1, -0.05) is 35.1 Å². The normalized spacial score (nSPS) is 12.7. The molecule has 0 saturated carbocycles. The van der Waals surface area contributed by atoms with Gasteiger partial charge in [-0.2, -0.15) is 4.98 Å². The quantitative estimate of drug-likeness (QED) is 0.656. The van der Waals surface area contributed by atoms with Gasteiger partial charge in [-0.05, 0) is 24.3 Å². The summed E-state index contributed by atoms with van der Waals surface area (Å²) in [6, 6.07) is 13.2. The summed E-state index contributed by atoms with van der Waals surface area (Å²) in [5, 5.41) is 4.93. The van der Waals surface area contributed by atoms with Gasteiger partial charge in [-0.3, -0.25) is 0 Å². The summed E-state index contributed by atoms with van der Waals surface area (Å²) in [5.74, 6) is 3.44. The standard InChI is InChI=1S/C19H17N3O4S/c1-23-15-9-5-6-12(18(15)24-2)19-21-16(26-22-19)11-27-17-10-25-14-8-4-3-7-13(14)20-17/h3-9H,10-11H2,1-2H3. The van der Waals surface area contributed by atoms with Crippen molar-refractivity contribution in [2.45, 2.75) is 5.75 Å². The van der Waals surface area contributed by atoms with Gasteiger partial charge in [-0.25, -0.2) is 4.99 Å². The summed E-state index contributed by atoms with van der Waals surface area (Å²) < 4.78 is 21.8. The van der Waals surface area contributed by atoms with Crippen LogP contribution in [0.4, 0.5) is 5.69 Å². The van der Waals surface area contributed by atoms with E-state index in [-0.39, 0.29) is 0 Å². The van der Waals surface area contributed by atoms with E-state index in [0.29, 0.717) is 41.1 Å². The third kappa shape index (κ3) is 3.61. The molecule has 0 spiro atoms. The number of rotatable bonds is 5. The molecule has 0 unspecified atom stereocenters. The highest BCUT2D eigenvalue weighted by Crippen LogP contribution is 2.37. The Labute approximate surface area is 160 Å². The maximum Gasteiger partial charge on any atom is 0.237 e. The summed E-state index contributed by atoms with van der Waals surface area (Å²) in [6.07, 6.45) is 0. The number of thioether (sulfide) groups is 1. The largest absolute Gasteiger partial charge is 0.493 e. The number of nitrogens with zero attached hydrogens (tertiary/aromatic N) is 3. The van der Waals surface area contributed by atoms with Crippen LogP contribution in [-0.2, 0) is 5.75 Å². The molecule has 0 saturated heterocycles. The lowest BCUT2D eigenvalue weighted by Gasteiger charge is -2.15. The van der Waals surface area contributed by atoms with E-state index in [4.69, 9.17) is 18.7 Å². The number of methoxy groups -OCH3 is 2. The zero-order valence-corrected chi connectivity index (χ0v) is 15.7. The minimum absolute atomic E-state index is 0.437. The summed E-state index contributed by atoms with van der Waals surface area (Å²) in [7, 11) is 3.17. The van der Waals surface area contributed by atoms with Crippen LogP contribution < -0.4 is 14.2 Å². The first-order chi connectivity index (χ1) is 13.3. The molecule has 138 valence electrons. The van der Waals surface area contributed by atoms with Gasteiger partial charge in [0, 0.05) is 0 Å². The van der Waals surface area contributed by atoms with Gasteiger partial charge in [0.2, 0.25) is 11.7 Å². The summed E-state index contributed by atoms with van der Waals surface area (Å²) >= 11 is 1.51. The highest BCUT2D eigenvalue weighted by Gasteiger charge is 2.18. The zero-order valence-electron chi connectivity index (χ0n) is 14.8. The molecule has 0 fully saturated rings. The van der Waals surface area contributed by atoms with E-state index in [1.165, 1.54) is 11.8 Å². The molecular weight excluding hydrogens is 366 g/mol. The number of benzene rings is 2. The predicted molar refractivity (Wildman–Crippen MR) is 103 cm³/mol. The smallest absolute Gasteiger partial charge is 0.237 e. The Kier molecular flexibility index (Phi) is 4.97. The SMILES string of the molecule is COc1cccc(-c2noc(CSC3=Nc4ccccc4OC3)n2)c1OC. The van der Waals surface area contributed by atoms with Crippen molar-refractivity contribution in [3.63, 3.8) is 0 Å². The fourth-order valence-corrected chi connectivity index (χ4v) is 3.40. The summed E-state index contributed by atoms with van der Waals surface area (Å²) in [4.78, 5) is 9.07. The van der Waals surface area contributed by atoms with Crippen molar-refractivity contribution < 1.29 is 18.7 Å². The molecule has 3 aromatic rings. The van der Waals surface area contributed by atoms with Crippen molar-refractivity contribution in [2.75, 3.05) is 20.8 Å². The van der Waals surface area contributed by atoms with Crippen LogP contribution in [0.1, 0.15) is 5.89 Å². The van der Waals surface area contributed by atoms with Crippen LogP contribution in [0, 0.1) is 0 Å². The second-order valence-electron chi connectivity index (χ2n) is 5.60. The van der Waals surface area contributed by atoms with Gasteiger partial charge in [0.1, 0.15) is 23.1 Å². The maximum atomic E-state index is 5.71. The molecule has 27 heavy (non-hydrogen) atoms.